The number of nitrogens with zero attached hydrogens (tertiary/aromatic N) is 3. The van der Waals surface area contributed by atoms with Gasteiger partial charge in [0.15, 0.2) is 0 Å². The standard InChI is InChI=1S/C21H29N3O2S/c1-14(2)18-11-10-16(4)21(19(18)23-24-22)13-12-15(3)20(21)27(25,26)17-8-6-5-7-9-17/h5-9,14,16,18-19H,10-13H2,1-4H3/t16-,18-,19+,21+/m0/s1. The average molecular weight is 388 g/mol. The first kappa shape index (κ1) is 20.0. The van der Waals surface area contributed by atoms with E-state index in [2.05, 4.69) is 30.8 Å². The van der Waals surface area contributed by atoms with E-state index in [4.69, 9.17) is 0 Å². The van der Waals surface area contributed by atoms with Crippen molar-refractivity contribution in [3.8, 4) is 0 Å². The van der Waals surface area contributed by atoms with Gasteiger partial charge < -0.3 is 0 Å². The van der Waals surface area contributed by atoms with Gasteiger partial charge in [-0.1, -0.05) is 49.7 Å². The van der Waals surface area contributed by atoms with Crippen molar-refractivity contribution in [2.24, 2.45) is 28.3 Å². The van der Waals surface area contributed by atoms with Crippen LogP contribution in [0.4, 0.5) is 0 Å². The summed E-state index contributed by atoms with van der Waals surface area (Å²) >= 11 is 0. The topological polar surface area (TPSA) is 82.9 Å². The van der Waals surface area contributed by atoms with E-state index >= 15 is 0 Å². The van der Waals surface area contributed by atoms with Crippen molar-refractivity contribution in [3.05, 3.63) is 51.3 Å². The van der Waals surface area contributed by atoms with Crippen molar-refractivity contribution in [2.45, 2.75) is 64.3 Å². The Balaban J connectivity index is 2.24. The fourth-order valence-electron chi connectivity index (χ4n) is 5.44. The van der Waals surface area contributed by atoms with Crippen LogP contribution in [0, 0.1) is 23.2 Å². The quantitative estimate of drug-likeness (QED) is 0.366. The summed E-state index contributed by atoms with van der Waals surface area (Å²) in [6.07, 6.45) is 3.42. The molecule has 4 atom stereocenters. The first-order valence-electron chi connectivity index (χ1n) is 9.81. The zero-order valence-corrected chi connectivity index (χ0v) is 17.4. The molecule has 0 saturated heterocycles. The van der Waals surface area contributed by atoms with Crippen LogP contribution in [0.25, 0.3) is 10.4 Å². The molecule has 1 spiro atoms. The van der Waals surface area contributed by atoms with Crippen LogP contribution in [0.15, 0.2) is 50.8 Å². The molecule has 0 radical (unpaired) electrons. The fourth-order valence-corrected chi connectivity index (χ4v) is 7.68. The third-order valence-corrected chi connectivity index (χ3v) is 8.98. The number of hydrogen-bond acceptors (Lipinski definition) is 3. The lowest BCUT2D eigenvalue weighted by Gasteiger charge is -2.51. The maximum Gasteiger partial charge on any atom is 0.203 e. The Bertz CT molecular complexity index is 885. The lowest BCUT2D eigenvalue weighted by Crippen LogP contribution is -2.50. The number of benzene rings is 1. The van der Waals surface area contributed by atoms with Crippen LogP contribution in [-0.4, -0.2) is 14.5 Å². The summed E-state index contributed by atoms with van der Waals surface area (Å²) in [4.78, 5) is 4.02. The first-order valence-corrected chi connectivity index (χ1v) is 11.3. The molecule has 0 N–H and O–H groups in total. The lowest BCUT2D eigenvalue weighted by atomic mass is 9.58. The third kappa shape index (κ3) is 3.09. The van der Waals surface area contributed by atoms with Gasteiger partial charge in [-0.25, -0.2) is 8.42 Å². The molecule has 1 aromatic carbocycles. The minimum absolute atomic E-state index is 0.161. The highest BCUT2D eigenvalue weighted by atomic mass is 32.2. The fraction of sp³-hybridized carbons (Fsp3) is 0.619. The van der Waals surface area contributed by atoms with Gasteiger partial charge in [0.1, 0.15) is 0 Å². The smallest absolute Gasteiger partial charge is 0.203 e. The minimum Gasteiger partial charge on any atom is -0.219 e. The zero-order valence-electron chi connectivity index (χ0n) is 16.6. The van der Waals surface area contributed by atoms with Crippen LogP contribution < -0.4 is 0 Å². The second kappa shape index (κ2) is 7.33. The molecule has 0 bridgehead atoms. The van der Waals surface area contributed by atoms with Crippen molar-refractivity contribution < 1.29 is 8.42 Å². The summed E-state index contributed by atoms with van der Waals surface area (Å²) in [6, 6.07) is 8.35. The first-order chi connectivity index (χ1) is 12.8. The predicted octanol–water partition coefficient (Wildman–Crippen LogP) is 5.90. The highest BCUT2D eigenvalue weighted by Gasteiger charge is 2.57. The van der Waals surface area contributed by atoms with Gasteiger partial charge in [0.05, 0.1) is 15.8 Å². The molecule has 146 valence electrons. The van der Waals surface area contributed by atoms with Crippen molar-refractivity contribution in [2.75, 3.05) is 0 Å². The van der Waals surface area contributed by atoms with Crippen molar-refractivity contribution in [1.29, 1.82) is 0 Å². The molecule has 5 nitrogen and oxygen atoms in total. The number of allylic oxidation sites excluding steroid dienone is 1. The van der Waals surface area contributed by atoms with Crippen LogP contribution in [0.3, 0.4) is 0 Å². The van der Waals surface area contributed by atoms with Crippen LogP contribution in [0.1, 0.15) is 53.4 Å². The van der Waals surface area contributed by atoms with Gasteiger partial charge >= 0.3 is 0 Å². The number of azide groups is 1. The van der Waals surface area contributed by atoms with Gasteiger partial charge in [-0.2, -0.15) is 0 Å². The van der Waals surface area contributed by atoms with Crippen molar-refractivity contribution in [1.82, 2.24) is 0 Å². The summed E-state index contributed by atoms with van der Waals surface area (Å²) < 4.78 is 27.4. The molecule has 1 fully saturated rings. The monoisotopic (exact) mass is 387 g/mol. The van der Waals surface area contributed by atoms with Gasteiger partial charge in [0.25, 0.3) is 0 Å². The van der Waals surface area contributed by atoms with Gasteiger partial charge in [-0.3, -0.25) is 0 Å². The van der Waals surface area contributed by atoms with Gasteiger partial charge in [0.2, 0.25) is 9.84 Å². The molecular formula is C21H29N3O2S. The number of rotatable bonds is 4. The molecule has 1 saturated carbocycles. The summed E-state index contributed by atoms with van der Waals surface area (Å²) in [5.41, 5.74) is 9.64. The predicted molar refractivity (Wildman–Crippen MR) is 108 cm³/mol. The maximum absolute atomic E-state index is 13.7. The molecule has 3 rings (SSSR count). The third-order valence-electron chi connectivity index (χ3n) is 6.82. The summed E-state index contributed by atoms with van der Waals surface area (Å²) in [6.45, 7) is 8.36. The highest BCUT2D eigenvalue weighted by Crippen LogP contribution is 2.61. The molecule has 0 aromatic heterocycles. The SMILES string of the molecule is CC1=C(S(=O)(=O)c2ccccc2)[C@@]2(CC1)[C@H](N=[N+]=[N-])[C@H](C(C)C)CC[C@@H]2C. The second-order valence-corrected chi connectivity index (χ2v) is 10.4. The Morgan fingerprint density at radius 2 is 1.89 bits per heavy atom. The molecule has 0 amide bonds. The molecule has 6 heteroatoms. The van der Waals surface area contributed by atoms with E-state index in [0.29, 0.717) is 15.7 Å². The van der Waals surface area contributed by atoms with E-state index in [-0.39, 0.29) is 17.9 Å². The average Bonchev–Trinajstić information content (AvgIpc) is 2.99. The Morgan fingerprint density at radius 1 is 1.22 bits per heavy atom. The van der Waals surface area contributed by atoms with Gasteiger partial charge in [0, 0.05) is 10.3 Å². The molecule has 2 aliphatic rings. The van der Waals surface area contributed by atoms with E-state index in [1.807, 2.05) is 13.0 Å². The Labute approximate surface area is 162 Å². The Kier molecular flexibility index (Phi) is 5.42. The molecular weight excluding hydrogens is 358 g/mol. The van der Waals surface area contributed by atoms with Crippen LogP contribution in [-0.2, 0) is 9.84 Å². The van der Waals surface area contributed by atoms with E-state index in [1.165, 1.54) is 0 Å². The second-order valence-electron chi connectivity index (χ2n) is 8.50. The van der Waals surface area contributed by atoms with E-state index in [1.54, 1.807) is 24.3 Å². The van der Waals surface area contributed by atoms with Gasteiger partial charge in [-0.15, -0.1) is 0 Å². The van der Waals surface area contributed by atoms with Crippen LogP contribution in [0.5, 0.6) is 0 Å². The van der Waals surface area contributed by atoms with Gasteiger partial charge in [-0.05, 0) is 68.0 Å². The number of hydrogen-bond donors (Lipinski definition) is 0. The normalized spacial score (nSPS) is 31.4. The minimum atomic E-state index is -3.63. The molecule has 0 aliphatic heterocycles. The largest absolute Gasteiger partial charge is 0.219 e. The Morgan fingerprint density at radius 3 is 2.48 bits per heavy atom. The highest BCUT2D eigenvalue weighted by molar-refractivity contribution is 7.95. The Hall–Kier alpha value is -1.78. The lowest BCUT2D eigenvalue weighted by molar-refractivity contribution is 0.0593. The molecule has 2 aliphatic carbocycles. The van der Waals surface area contributed by atoms with Crippen molar-refractivity contribution in [3.63, 3.8) is 0 Å². The zero-order chi connectivity index (χ0) is 19.8. The van der Waals surface area contributed by atoms with Crippen LogP contribution >= 0.6 is 0 Å². The molecule has 1 aromatic rings. The van der Waals surface area contributed by atoms with Crippen LogP contribution in [0.2, 0.25) is 0 Å². The van der Waals surface area contributed by atoms with E-state index in [9.17, 15) is 13.9 Å². The maximum atomic E-state index is 13.7. The molecule has 0 unspecified atom stereocenters. The van der Waals surface area contributed by atoms with Crippen molar-refractivity contribution >= 4 is 9.84 Å². The summed E-state index contributed by atoms with van der Waals surface area (Å²) in [5.74, 6) is 0.698. The molecule has 0 heterocycles. The summed E-state index contributed by atoms with van der Waals surface area (Å²) in [5, 5.41) is 4.25. The van der Waals surface area contributed by atoms with E-state index < -0.39 is 15.3 Å². The molecule has 27 heavy (non-hydrogen) atoms. The number of sulfone groups is 1. The summed E-state index contributed by atoms with van der Waals surface area (Å²) in [7, 11) is -3.63. The van der Waals surface area contributed by atoms with E-state index in [0.717, 1.165) is 31.3 Å².